The molecule has 8 atom stereocenters. The molecule has 2 heteroatoms. The Morgan fingerprint density at radius 3 is 2.79 bits per heavy atom. The molecule has 0 aromatic carbocycles. The summed E-state index contributed by atoms with van der Waals surface area (Å²) in [5, 5.41) is 10.2. The van der Waals surface area contributed by atoms with Crippen molar-refractivity contribution >= 4 is 0 Å². The summed E-state index contributed by atoms with van der Waals surface area (Å²) in [6.07, 6.45) is 17.3. The molecule has 0 bridgehead atoms. The fourth-order valence-corrected chi connectivity index (χ4v) is 8.72. The maximum Gasteiger partial charge on any atom is 0.0577 e. The number of allylic oxidation sites excluding steroid dienone is 1. The number of aliphatic hydroxyl groups excluding tert-OH is 1. The molecule has 0 saturated heterocycles. The van der Waals surface area contributed by atoms with E-state index in [1.54, 1.807) is 5.57 Å². The molecule has 0 spiro atoms. The monoisotopic (exact) mass is 395 g/mol. The van der Waals surface area contributed by atoms with E-state index in [-0.39, 0.29) is 6.10 Å². The van der Waals surface area contributed by atoms with Crippen LogP contribution in [0.1, 0.15) is 84.3 Å². The highest BCUT2D eigenvalue weighted by Gasteiger charge is 2.59. The molecule has 0 amide bonds. The molecule has 160 valence electrons. The van der Waals surface area contributed by atoms with Crippen molar-refractivity contribution in [1.82, 2.24) is 4.98 Å². The summed E-state index contributed by atoms with van der Waals surface area (Å²) in [5.41, 5.74) is 3.93. The molecule has 1 heterocycles. The van der Waals surface area contributed by atoms with Crippen molar-refractivity contribution < 1.29 is 5.11 Å². The van der Waals surface area contributed by atoms with Gasteiger partial charge in [-0.15, -0.1) is 0 Å². The van der Waals surface area contributed by atoms with Gasteiger partial charge in [0.15, 0.2) is 0 Å². The maximum absolute atomic E-state index is 10.2. The summed E-state index contributed by atoms with van der Waals surface area (Å²) >= 11 is 0. The number of aliphatic hydroxyl groups is 1. The summed E-state index contributed by atoms with van der Waals surface area (Å²) in [6, 6.07) is 4.37. The van der Waals surface area contributed by atoms with Gasteiger partial charge in [0.25, 0.3) is 0 Å². The number of hydrogen-bond donors (Lipinski definition) is 2. The molecule has 3 fully saturated rings. The highest BCUT2D eigenvalue weighted by Crippen LogP contribution is 2.67. The predicted octanol–water partition coefficient (Wildman–Crippen LogP) is 6.52. The smallest absolute Gasteiger partial charge is 0.0577 e. The lowest BCUT2D eigenvalue weighted by atomic mass is 9.47. The van der Waals surface area contributed by atoms with Gasteiger partial charge in [0.2, 0.25) is 0 Å². The molecule has 29 heavy (non-hydrogen) atoms. The molecular weight excluding hydrogens is 354 g/mol. The van der Waals surface area contributed by atoms with Gasteiger partial charge in [-0.3, -0.25) is 0 Å². The molecular formula is C27H41NO. The average Bonchev–Trinajstić information content (AvgIpc) is 3.34. The SMILES string of the molecule is CC(CCc1ccc[nH]1)C1CCC2C3CC=C4CC(O)CCC4(C)C3CCC12C. The molecule has 3 saturated carbocycles. The van der Waals surface area contributed by atoms with Crippen LogP contribution in [-0.4, -0.2) is 16.2 Å². The summed E-state index contributed by atoms with van der Waals surface area (Å²) in [7, 11) is 0. The van der Waals surface area contributed by atoms with Crippen molar-refractivity contribution in [2.24, 2.45) is 40.4 Å². The Labute approximate surface area is 177 Å². The standard InChI is InChI=1S/C27H41NO/c1-18(6-8-20-5-4-16-28-20)23-10-11-24-22-9-7-19-17-21(29)12-14-26(19,2)25(22)13-15-27(23,24)3/h4-5,7,16,18,21-25,28-29H,6,8-15,17H2,1-3H3. The number of aromatic nitrogens is 1. The highest BCUT2D eigenvalue weighted by molar-refractivity contribution is 5.25. The predicted molar refractivity (Wildman–Crippen MR) is 119 cm³/mol. The second-order valence-corrected chi connectivity index (χ2v) is 11.6. The molecule has 4 aliphatic rings. The molecule has 4 aliphatic carbocycles. The van der Waals surface area contributed by atoms with Crippen LogP contribution in [0.5, 0.6) is 0 Å². The lowest BCUT2D eigenvalue weighted by Crippen LogP contribution is -2.50. The Hall–Kier alpha value is -1.02. The van der Waals surface area contributed by atoms with E-state index in [2.05, 4.69) is 50.2 Å². The third-order valence-corrected chi connectivity index (χ3v) is 10.4. The number of aromatic amines is 1. The summed E-state index contributed by atoms with van der Waals surface area (Å²) in [4.78, 5) is 3.40. The molecule has 1 aromatic rings. The molecule has 1 aromatic heterocycles. The Morgan fingerprint density at radius 1 is 1.14 bits per heavy atom. The van der Waals surface area contributed by atoms with Crippen LogP contribution in [0, 0.1) is 40.4 Å². The van der Waals surface area contributed by atoms with Crippen molar-refractivity contribution in [1.29, 1.82) is 0 Å². The minimum atomic E-state index is -0.0869. The van der Waals surface area contributed by atoms with Crippen LogP contribution in [0.25, 0.3) is 0 Å². The van der Waals surface area contributed by atoms with Gasteiger partial charge in [-0.1, -0.05) is 32.4 Å². The van der Waals surface area contributed by atoms with Crippen LogP contribution in [0.2, 0.25) is 0 Å². The van der Waals surface area contributed by atoms with Crippen molar-refractivity contribution in [2.45, 2.75) is 91.1 Å². The number of fused-ring (bicyclic) bond motifs is 5. The zero-order valence-corrected chi connectivity index (χ0v) is 18.8. The van der Waals surface area contributed by atoms with Gasteiger partial charge in [0.05, 0.1) is 6.10 Å². The normalized spacial score (nSPS) is 45.1. The number of H-pyrrole nitrogens is 1. The fourth-order valence-electron chi connectivity index (χ4n) is 8.72. The van der Waals surface area contributed by atoms with Crippen LogP contribution in [-0.2, 0) is 6.42 Å². The van der Waals surface area contributed by atoms with E-state index in [9.17, 15) is 5.11 Å². The third kappa shape index (κ3) is 3.16. The molecule has 8 unspecified atom stereocenters. The van der Waals surface area contributed by atoms with Gasteiger partial charge < -0.3 is 10.1 Å². The first kappa shape index (κ1) is 19.9. The average molecular weight is 396 g/mol. The lowest BCUT2D eigenvalue weighted by molar-refractivity contribution is -0.0571. The van der Waals surface area contributed by atoms with Crippen molar-refractivity contribution in [3.8, 4) is 0 Å². The maximum atomic E-state index is 10.2. The van der Waals surface area contributed by atoms with E-state index in [0.717, 1.165) is 42.4 Å². The second-order valence-electron chi connectivity index (χ2n) is 11.6. The van der Waals surface area contributed by atoms with Gasteiger partial charge in [0.1, 0.15) is 0 Å². The van der Waals surface area contributed by atoms with Crippen LogP contribution >= 0.6 is 0 Å². The van der Waals surface area contributed by atoms with Crippen molar-refractivity contribution in [3.63, 3.8) is 0 Å². The van der Waals surface area contributed by atoms with E-state index in [4.69, 9.17) is 0 Å². The molecule has 2 N–H and O–H groups in total. The number of nitrogens with one attached hydrogen (secondary N) is 1. The minimum absolute atomic E-state index is 0.0869. The largest absolute Gasteiger partial charge is 0.393 e. The van der Waals surface area contributed by atoms with Crippen LogP contribution in [0.4, 0.5) is 0 Å². The van der Waals surface area contributed by atoms with E-state index < -0.39 is 0 Å². The third-order valence-electron chi connectivity index (χ3n) is 10.4. The van der Waals surface area contributed by atoms with Gasteiger partial charge in [-0.05, 0) is 117 Å². The van der Waals surface area contributed by atoms with Crippen molar-refractivity contribution in [3.05, 3.63) is 35.7 Å². The minimum Gasteiger partial charge on any atom is -0.393 e. The fraction of sp³-hybridized carbons (Fsp3) is 0.778. The zero-order valence-electron chi connectivity index (χ0n) is 18.8. The van der Waals surface area contributed by atoms with E-state index >= 15 is 0 Å². The quantitative estimate of drug-likeness (QED) is 0.559. The first-order valence-electron chi connectivity index (χ1n) is 12.4. The van der Waals surface area contributed by atoms with Crippen LogP contribution in [0.15, 0.2) is 30.0 Å². The van der Waals surface area contributed by atoms with Gasteiger partial charge >= 0.3 is 0 Å². The molecule has 5 rings (SSSR count). The Bertz CT molecular complexity index is 751. The van der Waals surface area contributed by atoms with Crippen LogP contribution < -0.4 is 0 Å². The Balaban J connectivity index is 1.33. The Kier molecular flexibility index (Phi) is 5.01. The molecule has 0 radical (unpaired) electrons. The van der Waals surface area contributed by atoms with Crippen LogP contribution in [0.3, 0.4) is 0 Å². The number of rotatable bonds is 4. The number of aryl methyl sites for hydroxylation is 1. The molecule has 0 aliphatic heterocycles. The number of hydrogen-bond acceptors (Lipinski definition) is 1. The van der Waals surface area contributed by atoms with E-state index in [0.29, 0.717) is 10.8 Å². The Morgan fingerprint density at radius 2 is 2.00 bits per heavy atom. The molecule has 2 nitrogen and oxygen atoms in total. The first-order chi connectivity index (χ1) is 13.9. The first-order valence-corrected chi connectivity index (χ1v) is 12.4. The van der Waals surface area contributed by atoms with E-state index in [1.807, 2.05) is 0 Å². The van der Waals surface area contributed by atoms with Gasteiger partial charge in [0, 0.05) is 11.9 Å². The summed E-state index contributed by atoms with van der Waals surface area (Å²) < 4.78 is 0. The van der Waals surface area contributed by atoms with Crippen molar-refractivity contribution in [2.75, 3.05) is 0 Å². The summed E-state index contributed by atoms with van der Waals surface area (Å²) in [5.74, 6) is 4.38. The second kappa shape index (κ2) is 7.29. The highest BCUT2D eigenvalue weighted by atomic mass is 16.3. The van der Waals surface area contributed by atoms with E-state index in [1.165, 1.54) is 57.1 Å². The lowest BCUT2D eigenvalue weighted by Gasteiger charge is -2.58. The zero-order chi connectivity index (χ0) is 20.2. The van der Waals surface area contributed by atoms with Gasteiger partial charge in [-0.2, -0.15) is 0 Å². The topological polar surface area (TPSA) is 36.0 Å². The summed E-state index contributed by atoms with van der Waals surface area (Å²) in [6.45, 7) is 7.76. The van der Waals surface area contributed by atoms with Gasteiger partial charge in [-0.25, -0.2) is 0 Å².